The highest BCUT2D eigenvalue weighted by atomic mass is 19.1. The van der Waals surface area contributed by atoms with Crippen LogP contribution in [0, 0.1) is 18.6 Å². The standard InChI is InChI=1S/C14H12F2N2O/c1-8-14(16)12(5-13(18-8)9(2)19-3)10-4-11(15)7-17-6-10/h4-7H,2H2,1,3H3. The van der Waals surface area contributed by atoms with Gasteiger partial charge in [0.15, 0.2) is 5.82 Å². The molecule has 0 saturated carbocycles. The van der Waals surface area contributed by atoms with Crippen LogP contribution in [0.2, 0.25) is 0 Å². The van der Waals surface area contributed by atoms with Crippen LogP contribution in [0.25, 0.3) is 16.9 Å². The first-order chi connectivity index (χ1) is 9.02. The number of ether oxygens (including phenoxy) is 1. The van der Waals surface area contributed by atoms with Crippen LogP contribution in [0.4, 0.5) is 8.78 Å². The molecule has 0 saturated heterocycles. The Kier molecular flexibility index (Phi) is 3.55. The third-order valence-corrected chi connectivity index (χ3v) is 2.67. The molecule has 0 fully saturated rings. The fourth-order valence-corrected chi connectivity index (χ4v) is 1.67. The maximum atomic E-state index is 14.1. The Labute approximate surface area is 109 Å². The summed E-state index contributed by atoms with van der Waals surface area (Å²) in [5, 5.41) is 0. The first-order valence-corrected chi connectivity index (χ1v) is 5.54. The highest BCUT2D eigenvalue weighted by Crippen LogP contribution is 2.27. The summed E-state index contributed by atoms with van der Waals surface area (Å²) < 4.78 is 32.2. The van der Waals surface area contributed by atoms with Crippen LogP contribution in [0.15, 0.2) is 31.1 Å². The fraction of sp³-hybridized carbons (Fsp3) is 0.143. The van der Waals surface area contributed by atoms with Crippen molar-refractivity contribution in [1.29, 1.82) is 0 Å². The second-order valence-corrected chi connectivity index (χ2v) is 3.97. The zero-order chi connectivity index (χ0) is 14.0. The first kappa shape index (κ1) is 13.1. The predicted molar refractivity (Wildman–Crippen MR) is 68.2 cm³/mol. The molecular formula is C14H12F2N2O. The molecule has 2 aromatic heterocycles. The Morgan fingerprint density at radius 2 is 2.00 bits per heavy atom. The van der Waals surface area contributed by atoms with Crippen molar-refractivity contribution < 1.29 is 13.5 Å². The van der Waals surface area contributed by atoms with Gasteiger partial charge in [0.2, 0.25) is 0 Å². The molecule has 0 aliphatic heterocycles. The molecule has 19 heavy (non-hydrogen) atoms. The molecule has 0 aliphatic carbocycles. The molecule has 5 heteroatoms. The number of halogens is 2. The Balaban J connectivity index is 2.62. The van der Waals surface area contributed by atoms with E-state index in [0.29, 0.717) is 17.0 Å². The smallest absolute Gasteiger partial charge is 0.152 e. The zero-order valence-corrected chi connectivity index (χ0v) is 10.6. The molecule has 2 heterocycles. The van der Waals surface area contributed by atoms with Gasteiger partial charge in [0.25, 0.3) is 0 Å². The Morgan fingerprint density at radius 3 is 2.63 bits per heavy atom. The van der Waals surface area contributed by atoms with Crippen molar-refractivity contribution in [3.8, 4) is 11.1 Å². The molecule has 0 spiro atoms. The summed E-state index contributed by atoms with van der Waals surface area (Å²) in [5.74, 6) is -0.729. The van der Waals surface area contributed by atoms with E-state index in [4.69, 9.17) is 4.74 Å². The van der Waals surface area contributed by atoms with Crippen molar-refractivity contribution in [2.45, 2.75) is 6.92 Å². The molecule has 2 rings (SSSR count). The van der Waals surface area contributed by atoms with E-state index in [1.807, 2.05) is 0 Å². The van der Waals surface area contributed by atoms with Gasteiger partial charge in [0.1, 0.15) is 17.3 Å². The number of aromatic nitrogens is 2. The number of pyridine rings is 2. The van der Waals surface area contributed by atoms with Gasteiger partial charge in [-0.05, 0) is 19.1 Å². The highest BCUT2D eigenvalue weighted by molar-refractivity contribution is 5.68. The number of methoxy groups -OCH3 is 1. The van der Waals surface area contributed by atoms with Gasteiger partial charge in [-0.1, -0.05) is 6.58 Å². The maximum absolute atomic E-state index is 14.1. The Hall–Kier alpha value is -2.30. The minimum Gasteiger partial charge on any atom is -0.495 e. The molecule has 0 unspecified atom stereocenters. The van der Waals surface area contributed by atoms with Crippen molar-refractivity contribution in [3.63, 3.8) is 0 Å². The summed E-state index contributed by atoms with van der Waals surface area (Å²) in [5.41, 5.74) is 1.15. The van der Waals surface area contributed by atoms with E-state index in [1.54, 1.807) is 0 Å². The van der Waals surface area contributed by atoms with Crippen LogP contribution >= 0.6 is 0 Å². The van der Waals surface area contributed by atoms with Gasteiger partial charge < -0.3 is 4.74 Å². The second-order valence-electron chi connectivity index (χ2n) is 3.97. The van der Waals surface area contributed by atoms with Crippen LogP contribution < -0.4 is 0 Å². The van der Waals surface area contributed by atoms with E-state index < -0.39 is 11.6 Å². The summed E-state index contributed by atoms with van der Waals surface area (Å²) in [7, 11) is 1.45. The summed E-state index contributed by atoms with van der Waals surface area (Å²) in [6, 6.07) is 2.68. The van der Waals surface area contributed by atoms with Crippen LogP contribution in [0.1, 0.15) is 11.4 Å². The van der Waals surface area contributed by atoms with Gasteiger partial charge in [-0.3, -0.25) is 4.98 Å². The van der Waals surface area contributed by atoms with Crippen molar-refractivity contribution in [3.05, 3.63) is 54.1 Å². The largest absolute Gasteiger partial charge is 0.495 e. The van der Waals surface area contributed by atoms with Crippen molar-refractivity contribution in [2.75, 3.05) is 7.11 Å². The molecule has 0 aromatic carbocycles. The number of rotatable bonds is 3. The molecular weight excluding hydrogens is 250 g/mol. The number of hydrogen-bond acceptors (Lipinski definition) is 3. The van der Waals surface area contributed by atoms with Crippen LogP contribution in [-0.4, -0.2) is 17.1 Å². The topological polar surface area (TPSA) is 35.0 Å². The van der Waals surface area contributed by atoms with E-state index in [2.05, 4.69) is 16.5 Å². The van der Waals surface area contributed by atoms with Gasteiger partial charge >= 0.3 is 0 Å². The molecule has 0 N–H and O–H groups in total. The van der Waals surface area contributed by atoms with Gasteiger partial charge in [-0.25, -0.2) is 13.8 Å². The molecule has 0 radical (unpaired) electrons. The summed E-state index contributed by atoms with van der Waals surface area (Å²) in [6.07, 6.45) is 2.45. The lowest BCUT2D eigenvalue weighted by atomic mass is 10.1. The van der Waals surface area contributed by atoms with E-state index in [9.17, 15) is 8.78 Å². The monoisotopic (exact) mass is 262 g/mol. The SMILES string of the molecule is C=C(OC)c1cc(-c2cncc(F)c2)c(F)c(C)n1. The van der Waals surface area contributed by atoms with Crippen molar-refractivity contribution in [1.82, 2.24) is 9.97 Å². The molecule has 98 valence electrons. The van der Waals surface area contributed by atoms with Crippen LogP contribution in [0.5, 0.6) is 0 Å². The lowest BCUT2D eigenvalue weighted by molar-refractivity contribution is 0.369. The van der Waals surface area contributed by atoms with Crippen LogP contribution in [0.3, 0.4) is 0 Å². The van der Waals surface area contributed by atoms with Gasteiger partial charge in [-0.2, -0.15) is 0 Å². The fourth-order valence-electron chi connectivity index (χ4n) is 1.67. The molecule has 2 aromatic rings. The van der Waals surface area contributed by atoms with E-state index in [0.717, 1.165) is 6.20 Å². The first-order valence-electron chi connectivity index (χ1n) is 5.54. The van der Waals surface area contributed by atoms with Gasteiger partial charge in [0.05, 0.1) is 19.0 Å². The Bertz CT molecular complexity index is 641. The molecule has 0 atom stereocenters. The summed E-state index contributed by atoms with van der Waals surface area (Å²) >= 11 is 0. The lowest BCUT2D eigenvalue weighted by Gasteiger charge is -2.10. The van der Waals surface area contributed by atoms with Gasteiger partial charge in [0, 0.05) is 17.3 Å². The quantitative estimate of drug-likeness (QED) is 0.796. The van der Waals surface area contributed by atoms with E-state index >= 15 is 0 Å². The normalized spacial score (nSPS) is 10.3. The number of hydrogen-bond donors (Lipinski definition) is 0. The zero-order valence-electron chi connectivity index (χ0n) is 10.6. The number of nitrogens with zero attached hydrogens (tertiary/aromatic N) is 2. The van der Waals surface area contributed by atoms with Crippen LogP contribution in [-0.2, 0) is 4.74 Å². The summed E-state index contributed by atoms with van der Waals surface area (Å²) in [6.45, 7) is 5.20. The van der Waals surface area contributed by atoms with Gasteiger partial charge in [-0.15, -0.1) is 0 Å². The predicted octanol–water partition coefficient (Wildman–Crippen LogP) is 3.35. The average Bonchev–Trinajstić information content (AvgIpc) is 2.40. The Morgan fingerprint density at radius 1 is 1.26 bits per heavy atom. The third kappa shape index (κ3) is 2.59. The number of aryl methyl sites for hydroxylation is 1. The highest BCUT2D eigenvalue weighted by Gasteiger charge is 2.14. The van der Waals surface area contributed by atoms with Crippen molar-refractivity contribution >= 4 is 5.76 Å². The summed E-state index contributed by atoms with van der Waals surface area (Å²) in [4.78, 5) is 7.75. The van der Waals surface area contributed by atoms with E-state index in [1.165, 1.54) is 32.4 Å². The second kappa shape index (κ2) is 5.14. The minimum atomic E-state index is -0.529. The minimum absolute atomic E-state index is 0.190. The molecule has 0 aliphatic rings. The molecule has 3 nitrogen and oxygen atoms in total. The van der Waals surface area contributed by atoms with Crippen molar-refractivity contribution in [2.24, 2.45) is 0 Å². The van der Waals surface area contributed by atoms with E-state index in [-0.39, 0.29) is 11.3 Å². The lowest BCUT2D eigenvalue weighted by Crippen LogP contribution is -1.99. The maximum Gasteiger partial charge on any atom is 0.152 e. The molecule has 0 amide bonds. The molecule has 0 bridgehead atoms. The third-order valence-electron chi connectivity index (χ3n) is 2.67. The average molecular weight is 262 g/mol.